The summed E-state index contributed by atoms with van der Waals surface area (Å²) in [5, 5.41) is 3.47. The molecule has 19 heavy (non-hydrogen) atoms. The summed E-state index contributed by atoms with van der Waals surface area (Å²) in [5.74, 6) is 1.01. The summed E-state index contributed by atoms with van der Waals surface area (Å²) in [6, 6.07) is 2.71. The predicted molar refractivity (Wildman–Crippen MR) is 71.8 cm³/mol. The zero-order valence-corrected chi connectivity index (χ0v) is 11.4. The van der Waals surface area contributed by atoms with Crippen molar-refractivity contribution in [1.29, 1.82) is 0 Å². The molecule has 1 aliphatic heterocycles. The van der Waals surface area contributed by atoms with Crippen LogP contribution in [0.3, 0.4) is 0 Å². The highest BCUT2D eigenvalue weighted by molar-refractivity contribution is 5.16. The lowest BCUT2D eigenvalue weighted by Crippen LogP contribution is -2.24. The summed E-state index contributed by atoms with van der Waals surface area (Å²) < 4.78 is 16.9. The Labute approximate surface area is 114 Å². The van der Waals surface area contributed by atoms with Crippen molar-refractivity contribution in [3.63, 3.8) is 0 Å². The van der Waals surface area contributed by atoms with Gasteiger partial charge in [-0.3, -0.25) is 0 Å². The first kappa shape index (κ1) is 13.2. The minimum atomic E-state index is 0.286. The Hall–Kier alpha value is -0.840. The van der Waals surface area contributed by atoms with Crippen LogP contribution in [0.2, 0.25) is 0 Å². The van der Waals surface area contributed by atoms with Gasteiger partial charge in [-0.25, -0.2) is 0 Å². The fourth-order valence-corrected chi connectivity index (χ4v) is 2.41. The van der Waals surface area contributed by atoms with E-state index in [2.05, 4.69) is 5.32 Å². The van der Waals surface area contributed by atoms with Gasteiger partial charge in [0, 0.05) is 18.2 Å². The van der Waals surface area contributed by atoms with Crippen LogP contribution in [0.4, 0.5) is 0 Å². The third kappa shape index (κ3) is 4.06. The lowest BCUT2D eigenvalue weighted by Gasteiger charge is -2.22. The highest BCUT2D eigenvalue weighted by atomic mass is 16.5. The Morgan fingerprint density at radius 1 is 1.26 bits per heavy atom. The fraction of sp³-hybridized carbons (Fsp3) is 0.733. The largest absolute Gasteiger partial charge is 0.468 e. The van der Waals surface area contributed by atoms with Crippen LogP contribution < -0.4 is 5.32 Å². The van der Waals surface area contributed by atoms with Crippen molar-refractivity contribution in [3.05, 3.63) is 23.7 Å². The zero-order chi connectivity index (χ0) is 12.9. The monoisotopic (exact) mass is 265 g/mol. The lowest BCUT2D eigenvalue weighted by molar-refractivity contribution is -0.0449. The van der Waals surface area contributed by atoms with Gasteiger partial charge in [-0.2, -0.15) is 0 Å². The van der Waals surface area contributed by atoms with E-state index in [1.807, 2.05) is 6.07 Å². The molecule has 1 N–H and O–H groups in total. The average molecular weight is 265 g/mol. The Balaban J connectivity index is 1.39. The number of rotatable bonds is 7. The normalized spacial score (nSPS) is 23.7. The highest BCUT2D eigenvalue weighted by Crippen LogP contribution is 2.21. The van der Waals surface area contributed by atoms with Gasteiger partial charge >= 0.3 is 0 Å². The van der Waals surface area contributed by atoms with Gasteiger partial charge in [0.05, 0.1) is 32.1 Å². The van der Waals surface area contributed by atoms with Gasteiger partial charge < -0.3 is 19.2 Å². The van der Waals surface area contributed by atoms with Gasteiger partial charge in [0.1, 0.15) is 5.76 Å². The van der Waals surface area contributed by atoms with Crippen LogP contribution in [0.15, 0.2) is 16.7 Å². The molecule has 2 aliphatic rings. The van der Waals surface area contributed by atoms with Crippen molar-refractivity contribution >= 4 is 0 Å². The quantitative estimate of drug-likeness (QED) is 0.823. The fourth-order valence-electron chi connectivity index (χ4n) is 2.41. The van der Waals surface area contributed by atoms with Crippen molar-refractivity contribution in [2.45, 2.75) is 57.4 Å². The van der Waals surface area contributed by atoms with Crippen molar-refractivity contribution in [2.75, 3.05) is 13.2 Å². The van der Waals surface area contributed by atoms with E-state index in [-0.39, 0.29) is 6.10 Å². The molecule has 2 heterocycles. The van der Waals surface area contributed by atoms with Crippen LogP contribution in [0.1, 0.15) is 43.4 Å². The van der Waals surface area contributed by atoms with E-state index in [1.165, 1.54) is 25.7 Å². The Morgan fingerprint density at radius 2 is 2.21 bits per heavy atom. The Morgan fingerprint density at radius 3 is 3.00 bits per heavy atom. The first-order chi connectivity index (χ1) is 9.42. The molecule has 0 aromatic carbocycles. The summed E-state index contributed by atoms with van der Waals surface area (Å²) in [5.41, 5.74) is 1.16. The van der Waals surface area contributed by atoms with Crippen molar-refractivity contribution in [1.82, 2.24) is 5.32 Å². The maximum absolute atomic E-state index is 5.77. The third-order valence-electron chi connectivity index (χ3n) is 3.80. The van der Waals surface area contributed by atoms with E-state index in [0.29, 0.717) is 19.3 Å². The molecule has 1 atom stereocenters. The van der Waals surface area contributed by atoms with Gasteiger partial charge in [0.15, 0.2) is 0 Å². The first-order valence-electron chi connectivity index (χ1n) is 7.40. The van der Waals surface area contributed by atoms with E-state index >= 15 is 0 Å². The van der Waals surface area contributed by atoms with Gasteiger partial charge in [0.25, 0.3) is 0 Å². The molecule has 1 unspecified atom stereocenters. The molecule has 0 spiro atoms. The summed E-state index contributed by atoms with van der Waals surface area (Å²) in [6.07, 6.45) is 8.21. The van der Waals surface area contributed by atoms with Crippen LogP contribution in [-0.4, -0.2) is 25.4 Å². The smallest absolute Gasteiger partial charge is 0.123 e. The van der Waals surface area contributed by atoms with Gasteiger partial charge in [-0.15, -0.1) is 0 Å². The Kier molecular flexibility index (Phi) is 4.53. The van der Waals surface area contributed by atoms with E-state index in [9.17, 15) is 0 Å². The number of ether oxygens (including phenoxy) is 2. The topological polar surface area (TPSA) is 43.6 Å². The van der Waals surface area contributed by atoms with E-state index in [4.69, 9.17) is 13.9 Å². The van der Waals surface area contributed by atoms with Gasteiger partial charge in [-0.05, 0) is 38.2 Å². The molecule has 4 nitrogen and oxygen atoms in total. The number of hydrogen-bond donors (Lipinski definition) is 1. The molecule has 1 aliphatic carbocycles. The van der Waals surface area contributed by atoms with E-state index in [0.717, 1.165) is 30.9 Å². The predicted octanol–water partition coefficient (Wildman–Crippen LogP) is 2.62. The number of hydrogen-bond acceptors (Lipinski definition) is 4. The maximum Gasteiger partial charge on any atom is 0.123 e. The molecule has 4 heteroatoms. The molecule has 1 saturated carbocycles. The van der Waals surface area contributed by atoms with Gasteiger partial charge in [-0.1, -0.05) is 0 Å². The molecule has 1 aromatic rings. The molecule has 0 amide bonds. The molecule has 1 aromatic heterocycles. The molecule has 106 valence electrons. The van der Waals surface area contributed by atoms with Crippen LogP contribution in [0, 0.1) is 0 Å². The molecule has 0 radical (unpaired) electrons. The molecule has 1 saturated heterocycles. The first-order valence-corrected chi connectivity index (χ1v) is 7.40. The Bertz CT molecular complexity index is 380. The molecule has 0 bridgehead atoms. The van der Waals surface area contributed by atoms with E-state index < -0.39 is 0 Å². The van der Waals surface area contributed by atoms with Crippen LogP contribution in [-0.2, 0) is 22.6 Å². The van der Waals surface area contributed by atoms with E-state index in [1.54, 1.807) is 6.26 Å². The highest BCUT2D eigenvalue weighted by Gasteiger charge is 2.21. The number of nitrogens with one attached hydrogen (secondary N) is 1. The third-order valence-corrected chi connectivity index (χ3v) is 3.80. The summed E-state index contributed by atoms with van der Waals surface area (Å²) >= 11 is 0. The van der Waals surface area contributed by atoms with Crippen molar-refractivity contribution in [3.8, 4) is 0 Å². The molecule has 2 fully saturated rings. The average Bonchev–Trinajstić information content (AvgIpc) is 3.17. The zero-order valence-electron chi connectivity index (χ0n) is 11.4. The molecule has 3 rings (SSSR count). The maximum atomic E-state index is 5.77. The second-order valence-corrected chi connectivity index (χ2v) is 5.53. The van der Waals surface area contributed by atoms with Crippen molar-refractivity contribution < 1.29 is 13.9 Å². The van der Waals surface area contributed by atoms with Crippen LogP contribution in [0.25, 0.3) is 0 Å². The lowest BCUT2D eigenvalue weighted by atomic mass is 10.1. The summed E-state index contributed by atoms with van der Waals surface area (Å²) in [7, 11) is 0. The van der Waals surface area contributed by atoms with Crippen molar-refractivity contribution in [2.24, 2.45) is 0 Å². The molecular formula is C15H23NO3. The van der Waals surface area contributed by atoms with Gasteiger partial charge in [0.2, 0.25) is 0 Å². The second-order valence-electron chi connectivity index (χ2n) is 5.53. The standard InChI is InChI=1S/C15H23NO3/c1-2-7-18-14(3-1)11-17-10-12-6-8-19-15(12)9-16-13-4-5-13/h6,8,13-14,16H,1-5,7,9-11H2. The SMILES string of the molecule is c1cc(COCC2CCCCO2)c(CNC2CC2)o1. The van der Waals surface area contributed by atoms with Crippen LogP contribution in [0.5, 0.6) is 0 Å². The summed E-state index contributed by atoms with van der Waals surface area (Å²) in [6.45, 7) is 3.02. The number of furan rings is 1. The molecular weight excluding hydrogens is 242 g/mol. The minimum absolute atomic E-state index is 0.286. The summed E-state index contributed by atoms with van der Waals surface area (Å²) in [4.78, 5) is 0. The minimum Gasteiger partial charge on any atom is -0.468 e. The second kappa shape index (κ2) is 6.55. The van der Waals surface area contributed by atoms with Crippen LogP contribution >= 0.6 is 0 Å².